The molecule has 1 unspecified atom stereocenters. The molecule has 0 aromatic carbocycles. The lowest BCUT2D eigenvalue weighted by Gasteiger charge is -2.36. The molecule has 1 fully saturated rings. The van der Waals surface area contributed by atoms with Gasteiger partial charge in [-0.2, -0.15) is 0 Å². The molecule has 374 valence electrons. The monoisotopic (exact) mass is 889 g/mol. The summed E-state index contributed by atoms with van der Waals surface area (Å²) in [6.45, 7) is 23.2. The molecule has 0 radical (unpaired) electrons. The van der Waals surface area contributed by atoms with Crippen molar-refractivity contribution in [3.8, 4) is 0 Å². The lowest BCUT2D eigenvalue weighted by Crippen LogP contribution is -2.47. The van der Waals surface area contributed by atoms with E-state index in [0.29, 0.717) is 31.4 Å². The van der Waals surface area contributed by atoms with Crippen LogP contribution in [0.25, 0.3) is 0 Å². The number of esters is 1. The van der Waals surface area contributed by atoms with E-state index in [-0.39, 0.29) is 5.97 Å². The molecule has 0 spiro atoms. The average molecular weight is 890 g/mol. The van der Waals surface area contributed by atoms with Gasteiger partial charge in [-0.1, -0.05) is 202 Å². The lowest BCUT2D eigenvalue weighted by molar-refractivity contribution is -0.144. The Labute approximate surface area is 394 Å². The van der Waals surface area contributed by atoms with Gasteiger partial charge in [0.05, 0.1) is 13.2 Å². The molecule has 1 amide bonds. The van der Waals surface area contributed by atoms with Crippen LogP contribution in [0.5, 0.6) is 0 Å². The van der Waals surface area contributed by atoms with E-state index in [2.05, 4.69) is 54.2 Å². The Morgan fingerprint density at radius 1 is 0.444 bits per heavy atom. The van der Waals surface area contributed by atoms with E-state index in [4.69, 9.17) is 4.74 Å². The van der Waals surface area contributed by atoms with E-state index < -0.39 is 0 Å². The second-order valence-electron chi connectivity index (χ2n) is 20.1. The first-order valence-electron chi connectivity index (χ1n) is 28.6. The smallest absolute Gasteiger partial charge is 0.305 e. The Kier molecular flexibility index (Phi) is 43.6. The molecule has 1 atom stereocenters. The van der Waals surface area contributed by atoms with Gasteiger partial charge in [-0.3, -0.25) is 14.5 Å². The summed E-state index contributed by atoms with van der Waals surface area (Å²) in [6.07, 6.45) is 45.7. The lowest BCUT2D eigenvalue weighted by atomic mass is 9.94. The zero-order valence-corrected chi connectivity index (χ0v) is 43.5. The zero-order valence-electron chi connectivity index (χ0n) is 43.5. The van der Waals surface area contributed by atoms with E-state index in [0.717, 1.165) is 90.9 Å². The van der Waals surface area contributed by atoms with Gasteiger partial charge in [-0.05, 0) is 103 Å². The molecule has 0 aromatic heterocycles. The third kappa shape index (κ3) is 37.6. The molecule has 0 saturated carbocycles. The number of hydrogen-bond acceptors (Lipinski definition) is 6. The Morgan fingerprint density at radius 3 is 1.30 bits per heavy atom. The van der Waals surface area contributed by atoms with Crippen LogP contribution in [0.1, 0.15) is 266 Å². The van der Waals surface area contributed by atoms with Crippen molar-refractivity contribution in [1.82, 2.24) is 19.6 Å². The van der Waals surface area contributed by atoms with Crippen molar-refractivity contribution in [2.24, 2.45) is 5.92 Å². The fraction of sp³-hybridized carbons (Fsp3) is 0.964. The first-order chi connectivity index (χ1) is 31.0. The van der Waals surface area contributed by atoms with Crippen LogP contribution >= 0.6 is 0 Å². The van der Waals surface area contributed by atoms with E-state index in [9.17, 15) is 9.59 Å². The molecular weight excluding hydrogens is 777 g/mol. The number of nitrogens with zero attached hydrogens (tertiary/aromatic N) is 4. The van der Waals surface area contributed by atoms with Crippen LogP contribution in [0, 0.1) is 5.92 Å². The summed E-state index contributed by atoms with van der Waals surface area (Å²) < 4.78 is 5.53. The number of likely N-dealkylation sites (tertiary alicyclic amines) is 1. The predicted octanol–water partition coefficient (Wildman–Crippen LogP) is 15.0. The molecule has 1 aliphatic rings. The fourth-order valence-corrected chi connectivity index (χ4v) is 9.63. The third-order valence-electron chi connectivity index (χ3n) is 14.0. The van der Waals surface area contributed by atoms with Crippen LogP contribution in [-0.4, -0.2) is 110 Å². The van der Waals surface area contributed by atoms with Gasteiger partial charge in [0.25, 0.3) is 0 Å². The maximum Gasteiger partial charge on any atom is 0.305 e. The van der Waals surface area contributed by atoms with Crippen LogP contribution in [-0.2, 0) is 14.3 Å². The topological polar surface area (TPSA) is 56.3 Å². The normalized spacial score (nSPS) is 14.5. The van der Waals surface area contributed by atoms with Crippen molar-refractivity contribution in [2.45, 2.75) is 266 Å². The quantitative estimate of drug-likeness (QED) is 0.0448. The Balaban J connectivity index is 2.83. The van der Waals surface area contributed by atoms with E-state index >= 15 is 0 Å². The Hall–Kier alpha value is -1.18. The van der Waals surface area contributed by atoms with Crippen LogP contribution < -0.4 is 0 Å². The molecule has 0 bridgehead atoms. The summed E-state index contributed by atoms with van der Waals surface area (Å²) in [6, 6.07) is 0. The molecule has 0 aromatic rings. The molecule has 1 aliphatic heterocycles. The largest absolute Gasteiger partial charge is 0.466 e. The Bertz CT molecular complexity index is 962. The molecule has 1 saturated heterocycles. The van der Waals surface area contributed by atoms with E-state index in [1.807, 2.05) is 0 Å². The number of carbonyl (C=O) groups excluding carboxylic acids is 2. The standard InChI is InChI=1S/C56H112N4O3/c1-6-11-16-20-24-28-32-42-57(46-38-40-56(62)63-51-36-15-10-5)48-41-54-39-37-47-60(52-54)55(61)53-59(45-35-31-27-23-19-14-9-4)50-49-58(43-33-29-25-21-17-12-7-2)44-34-30-26-22-18-13-8-3/h54H,6-53H2,1-5H3. The van der Waals surface area contributed by atoms with Gasteiger partial charge in [0.2, 0.25) is 5.91 Å². The highest BCUT2D eigenvalue weighted by atomic mass is 16.5. The summed E-state index contributed by atoms with van der Waals surface area (Å²) >= 11 is 0. The highest BCUT2D eigenvalue weighted by Crippen LogP contribution is 2.22. The van der Waals surface area contributed by atoms with Crippen LogP contribution in [0.4, 0.5) is 0 Å². The van der Waals surface area contributed by atoms with Crippen LogP contribution in [0.3, 0.4) is 0 Å². The average Bonchev–Trinajstić information content (AvgIpc) is 3.29. The van der Waals surface area contributed by atoms with Crippen molar-refractivity contribution >= 4 is 11.9 Å². The molecule has 0 N–H and O–H groups in total. The molecule has 7 heteroatoms. The van der Waals surface area contributed by atoms with Crippen molar-refractivity contribution in [3.05, 3.63) is 0 Å². The van der Waals surface area contributed by atoms with Gasteiger partial charge in [-0.15, -0.1) is 0 Å². The van der Waals surface area contributed by atoms with Crippen molar-refractivity contribution in [3.63, 3.8) is 0 Å². The van der Waals surface area contributed by atoms with Gasteiger partial charge in [0.1, 0.15) is 0 Å². The number of unbranched alkanes of at least 4 members (excludes halogenated alkanes) is 26. The first kappa shape index (κ1) is 59.8. The molecule has 1 heterocycles. The SMILES string of the molecule is CCCCCCCCCN(CCCC(=O)OCCCCC)CCC1CCCN(C(=O)CN(CCCCCCCCC)CCN(CCCCCCCCC)CCCCCCCCC)C1. The van der Waals surface area contributed by atoms with Crippen molar-refractivity contribution < 1.29 is 14.3 Å². The Morgan fingerprint density at radius 2 is 0.825 bits per heavy atom. The second kappa shape index (κ2) is 46.0. The minimum atomic E-state index is -0.0292. The number of piperidine rings is 1. The first-order valence-corrected chi connectivity index (χ1v) is 28.6. The zero-order chi connectivity index (χ0) is 45.7. The molecular formula is C56H112N4O3. The number of amides is 1. The van der Waals surface area contributed by atoms with Crippen LogP contribution in [0.15, 0.2) is 0 Å². The van der Waals surface area contributed by atoms with Gasteiger partial charge < -0.3 is 19.4 Å². The summed E-state index contributed by atoms with van der Waals surface area (Å²) in [5.41, 5.74) is 0. The van der Waals surface area contributed by atoms with Crippen molar-refractivity contribution in [2.75, 3.05) is 78.6 Å². The number of hydrogen-bond donors (Lipinski definition) is 0. The summed E-state index contributed by atoms with van der Waals surface area (Å²) in [4.78, 5) is 36.8. The van der Waals surface area contributed by atoms with Gasteiger partial charge in [-0.25, -0.2) is 0 Å². The fourth-order valence-electron chi connectivity index (χ4n) is 9.63. The minimum Gasteiger partial charge on any atom is -0.466 e. The highest BCUT2D eigenvalue weighted by Gasteiger charge is 2.26. The van der Waals surface area contributed by atoms with Gasteiger partial charge >= 0.3 is 5.97 Å². The maximum absolute atomic E-state index is 14.2. The summed E-state index contributed by atoms with van der Waals surface area (Å²) in [5, 5.41) is 0. The van der Waals surface area contributed by atoms with E-state index in [1.165, 1.54) is 199 Å². The van der Waals surface area contributed by atoms with Gasteiger partial charge in [0.15, 0.2) is 0 Å². The number of carbonyl (C=O) groups is 2. The summed E-state index contributed by atoms with van der Waals surface area (Å²) in [5.74, 6) is 0.906. The predicted molar refractivity (Wildman–Crippen MR) is 275 cm³/mol. The highest BCUT2D eigenvalue weighted by molar-refractivity contribution is 5.78. The molecule has 63 heavy (non-hydrogen) atoms. The number of rotatable bonds is 48. The molecule has 7 nitrogen and oxygen atoms in total. The molecule has 0 aliphatic carbocycles. The van der Waals surface area contributed by atoms with Crippen LogP contribution in [0.2, 0.25) is 0 Å². The van der Waals surface area contributed by atoms with Gasteiger partial charge in [0, 0.05) is 32.6 Å². The maximum atomic E-state index is 14.2. The van der Waals surface area contributed by atoms with Crippen molar-refractivity contribution in [1.29, 1.82) is 0 Å². The van der Waals surface area contributed by atoms with E-state index in [1.54, 1.807) is 0 Å². The number of ether oxygens (including phenoxy) is 1. The molecule has 1 rings (SSSR count). The minimum absolute atomic E-state index is 0.0292. The third-order valence-corrected chi connectivity index (χ3v) is 14.0. The summed E-state index contributed by atoms with van der Waals surface area (Å²) in [7, 11) is 0. The second-order valence-corrected chi connectivity index (χ2v) is 20.1.